The Bertz CT molecular complexity index is 524. The summed E-state index contributed by atoms with van der Waals surface area (Å²) < 4.78 is 6.75. The molecule has 1 saturated heterocycles. The van der Waals surface area contributed by atoms with Crippen LogP contribution in [-0.2, 0) is 9.53 Å². The van der Waals surface area contributed by atoms with Crippen LogP contribution in [0.2, 0.25) is 0 Å². The summed E-state index contributed by atoms with van der Waals surface area (Å²) in [4.78, 5) is 12.8. The molecule has 0 radical (unpaired) electrons. The highest BCUT2D eigenvalue weighted by Gasteiger charge is 2.17. The van der Waals surface area contributed by atoms with Gasteiger partial charge in [-0.25, -0.2) is 4.79 Å². The van der Waals surface area contributed by atoms with Crippen LogP contribution in [0, 0.1) is 0 Å². The zero-order chi connectivity index (χ0) is 15.2. The summed E-state index contributed by atoms with van der Waals surface area (Å²) in [7, 11) is 2.01. The molecule has 1 aromatic rings. The molecule has 4 nitrogen and oxygen atoms in total. The van der Waals surface area contributed by atoms with Crippen molar-refractivity contribution in [1.29, 1.82) is 0 Å². The minimum atomic E-state index is -0.942. The van der Waals surface area contributed by atoms with Crippen LogP contribution in [0.5, 0.6) is 0 Å². The zero-order valence-corrected chi connectivity index (χ0v) is 13.7. The van der Waals surface area contributed by atoms with Crippen molar-refractivity contribution >= 4 is 33.7 Å². The van der Waals surface area contributed by atoms with Crippen LogP contribution in [0.4, 0.5) is 5.69 Å². The monoisotopic (exact) mass is 353 g/mol. The van der Waals surface area contributed by atoms with E-state index in [2.05, 4.69) is 20.8 Å². The average molecular weight is 354 g/mol. The summed E-state index contributed by atoms with van der Waals surface area (Å²) in [6.45, 7) is 1.65. The molecule has 21 heavy (non-hydrogen) atoms. The molecule has 2 rings (SSSR count). The van der Waals surface area contributed by atoms with Crippen molar-refractivity contribution in [1.82, 2.24) is 0 Å². The fourth-order valence-corrected chi connectivity index (χ4v) is 2.85. The van der Waals surface area contributed by atoms with Crippen LogP contribution in [0.15, 0.2) is 28.7 Å². The van der Waals surface area contributed by atoms with Crippen LogP contribution >= 0.6 is 15.9 Å². The summed E-state index contributed by atoms with van der Waals surface area (Å²) >= 11 is 3.47. The number of hydrogen-bond donors (Lipinski definition) is 1. The van der Waals surface area contributed by atoms with Crippen LogP contribution in [0.3, 0.4) is 0 Å². The molecule has 1 unspecified atom stereocenters. The van der Waals surface area contributed by atoms with Crippen molar-refractivity contribution in [3.05, 3.63) is 34.3 Å². The second-order valence-corrected chi connectivity index (χ2v) is 6.16. The van der Waals surface area contributed by atoms with E-state index >= 15 is 0 Å². The van der Waals surface area contributed by atoms with Crippen molar-refractivity contribution in [2.24, 2.45) is 0 Å². The van der Waals surface area contributed by atoms with E-state index < -0.39 is 5.97 Å². The van der Waals surface area contributed by atoms with Crippen LogP contribution < -0.4 is 4.90 Å². The third-order valence-corrected chi connectivity index (χ3v) is 4.05. The van der Waals surface area contributed by atoms with E-state index in [-0.39, 0.29) is 6.10 Å². The molecule has 1 aliphatic heterocycles. The van der Waals surface area contributed by atoms with Crippen LogP contribution in [-0.4, -0.2) is 37.4 Å². The number of anilines is 1. The van der Waals surface area contributed by atoms with Gasteiger partial charge in [0, 0.05) is 36.4 Å². The molecule has 0 amide bonds. The Kier molecular flexibility index (Phi) is 5.82. The maximum absolute atomic E-state index is 10.7. The number of ether oxygens (including phenoxy) is 1. The number of likely N-dealkylation sites (N-methyl/N-ethyl adjacent to an activating group) is 1. The predicted octanol–water partition coefficient (Wildman–Crippen LogP) is 3.55. The molecule has 1 heterocycles. The Hall–Kier alpha value is -1.33. The number of carboxylic acids is 1. The number of halogens is 1. The number of hydrogen-bond acceptors (Lipinski definition) is 3. The van der Waals surface area contributed by atoms with E-state index in [9.17, 15) is 4.79 Å². The standard InChI is InChI=1S/C16H20BrNO3/c1-18(11-14-4-2-3-9-21-14)15-10-13(17)7-5-12(15)6-8-16(19)20/h5-8,10,14H,2-4,9,11H2,1H3,(H,19,20). The van der Waals surface area contributed by atoms with Gasteiger partial charge in [-0.2, -0.15) is 0 Å². The van der Waals surface area contributed by atoms with Gasteiger partial charge in [-0.05, 0) is 43.0 Å². The number of carbonyl (C=O) groups is 1. The molecule has 0 aromatic heterocycles. The van der Waals surface area contributed by atoms with Gasteiger partial charge in [-0.15, -0.1) is 0 Å². The first kappa shape index (κ1) is 16.0. The highest BCUT2D eigenvalue weighted by Crippen LogP contribution is 2.27. The summed E-state index contributed by atoms with van der Waals surface area (Å²) in [5, 5.41) is 8.79. The topological polar surface area (TPSA) is 49.8 Å². The van der Waals surface area contributed by atoms with Crippen LogP contribution in [0.25, 0.3) is 6.08 Å². The molecule has 0 saturated carbocycles. The molecule has 5 heteroatoms. The molecule has 0 bridgehead atoms. The maximum Gasteiger partial charge on any atom is 0.328 e. The molecule has 1 aromatic carbocycles. The third-order valence-electron chi connectivity index (χ3n) is 3.56. The quantitative estimate of drug-likeness (QED) is 0.822. The van der Waals surface area contributed by atoms with Crippen molar-refractivity contribution < 1.29 is 14.6 Å². The normalized spacial score (nSPS) is 18.9. The van der Waals surface area contributed by atoms with Gasteiger partial charge in [0.1, 0.15) is 0 Å². The summed E-state index contributed by atoms with van der Waals surface area (Å²) in [6.07, 6.45) is 6.48. The van der Waals surface area contributed by atoms with Gasteiger partial charge in [-0.3, -0.25) is 0 Å². The highest BCUT2D eigenvalue weighted by atomic mass is 79.9. The second-order valence-electron chi connectivity index (χ2n) is 5.24. The fraction of sp³-hybridized carbons (Fsp3) is 0.438. The Balaban J connectivity index is 2.15. The van der Waals surface area contributed by atoms with E-state index in [0.29, 0.717) is 0 Å². The SMILES string of the molecule is CN(CC1CCCCO1)c1cc(Br)ccc1C=CC(=O)O. The molecule has 0 aliphatic carbocycles. The fourth-order valence-electron chi connectivity index (χ4n) is 2.50. The first-order chi connectivity index (χ1) is 10.1. The Labute approximate surface area is 133 Å². The molecule has 1 atom stereocenters. The molecule has 1 fully saturated rings. The van der Waals surface area contributed by atoms with Gasteiger partial charge in [0.05, 0.1) is 6.10 Å². The molecule has 0 spiro atoms. The Morgan fingerprint density at radius 3 is 3.00 bits per heavy atom. The number of carboxylic acid groups (broad SMARTS) is 1. The lowest BCUT2D eigenvalue weighted by molar-refractivity contribution is -0.131. The summed E-state index contributed by atoms with van der Waals surface area (Å²) in [5.41, 5.74) is 1.88. The van der Waals surface area contributed by atoms with E-state index in [0.717, 1.165) is 47.8 Å². The average Bonchev–Trinajstić information content (AvgIpc) is 2.46. The van der Waals surface area contributed by atoms with Gasteiger partial charge in [-0.1, -0.05) is 22.0 Å². The third kappa shape index (κ3) is 4.86. The van der Waals surface area contributed by atoms with E-state index in [1.165, 1.54) is 6.42 Å². The molecule has 1 N–H and O–H groups in total. The lowest BCUT2D eigenvalue weighted by Crippen LogP contribution is -2.33. The van der Waals surface area contributed by atoms with E-state index in [1.54, 1.807) is 6.08 Å². The number of nitrogens with zero attached hydrogens (tertiary/aromatic N) is 1. The summed E-state index contributed by atoms with van der Waals surface area (Å²) in [5.74, 6) is -0.942. The Morgan fingerprint density at radius 1 is 1.52 bits per heavy atom. The molecular formula is C16H20BrNO3. The van der Waals surface area contributed by atoms with E-state index in [4.69, 9.17) is 9.84 Å². The van der Waals surface area contributed by atoms with E-state index in [1.807, 2.05) is 25.2 Å². The largest absolute Gasteiger partial charge is 0.478 e. The van der Waals surface area contributed by atoms with Gasteiger partial charge < -0.3 is 14.7 Å². The second kappa shape index (κ2) is 7.61. The predicted molar refractivity (Wildman–Crippen MR) is 87.7 cm³/mol. The highest BCUT2D eigenvalue weighted by molar-refractivity contribution is 9.10. The number of aliphatic carboxylic acids is 1. The maximum atomic E-state index is 10.7. The zero-order valence-electron chi connectivity index (χ0n) is 12.1. The van der Waals surface area contributed by atoms with Crippen molar-refractivity contribution in [3.8, 4) is 0 Å². The minimum Gasteiger partial charge on any atom is -0.478 e. The van der Waals surface area contributed by atoms with Crippen molar-refractivity contribution in [3.63, 3.8) is 0 Å². The van der Waals surface area contributed by atoms with Gasteiger partial charge in [0.25, 0.3) is 0 Å². The lowest BCUT2D eigenvalue weighted by atomic mass is 10.1. The first-order valence-electron chi connectivity index (χ1n) is 7.09. The first-order valence-corrected chi connectivity index (χ1v) is 7.89. The van der Waals surface area contributed by atoms with Crippen LogP contribution in [0.1, 0.15) is 24.8 Å². The van der Waals surface area contributed by atoms with Gasteiger partial charge in [0.15, 0.2) is 0 Å². The van der Waals surface area contributed by atoms with Crippen molar-refractivity contribution in [2.45, 2.75) is 25.4 Å². The number of rotatable bonds is 5. The minimum absolute atomic E-state index is 0.249. The molecular weight excluding hydrogens is 334 g/mol. The van der Waals surface area contributed by atoms with Gasteiger partial charge in [0.2, 0.25) is 0 Å². The van der Waals surface area contributed by atoms with Crippen molar-refractivity contribution in [2.75, 3.05) is 25.1 Å². The molecule has 114 valence electrons. The van der Waals surface area contributed by atoms with Gasteiger partial charge >= 0.3 is 5.97 Å². The molecule has 1 aliphatic rings. The Morgan fingerprint density at radius 2 is 2.33 bits per heavy atom. The lowest BCUT2D eigenvalue weighted by Gasteiger charge is -2.29. The number of benzene rings is 1. The smallest absolute Gasteiger partial charge is 0.328 e. The summed E-state index contributed by atoms with van der Waals surface area (Å²) in [6, 6.07) is 5.83.